The van der Waals surface area contributed by atoms with Crippen molar-refractivity contribution in [3.63, 3.8) is 0 Å². The number of aliphatic imine (C=N–C) groups is 1. The zero-order valence-electron chi connectivity index (χ0n) is 13.1. The van der Waals surface area contributed by atoms with Crippen LogP contribution in [0.4, 0.5) is 0 Å². The molecule has 0 radical (unpaired) electrons. The first-order valence-corrected chi connectivity index (χ1v) is 8.37. The SMILES string of the molecule is CN=C(NCCCC1CC1)N1CCC(c2ccccc2)C1. The molecule has 1 unspecified atom stereocenters. The van der Waals surface area contributed by atoms with Gasteiger partial charge in [-0.2, -0.15) is 0 Å². The van der Waals surface area contributed by atoms with Crippen molar-refractivity contribution < 1.29 is 0 Å². The second kappa shape index (κ2) is 6.97. The van der Waals surface area contributed by atoms with E-state index in [0.717, 1.165) is 31.5 Å². The molecule has 1 saturated heterocycles. The molecule has 0 aromatic heterocycles. The van der Waals surface area contributed by atoms with E-state index >= 15 is 0 Å². The van der Waals surface area contributed by atoms with Crippen molar-refractivity contribution in [2.45, 2.75) is 38.0 Å². The molecule has 2 aliphatic rings. The smallest absolute Gasteiger partial charge is 0.193 e. The zero-order chi connectivity index (χ0) is 14.5. The first-order valence-electron chi connectivity index (χ1n) is 8.37. The largest absolute Gasteiger partial charge is 0.356 e. The van der Waals surface area contributed by atoms with E-state index in [2.05, 4.69) is 45.5 Å². The fourth-order valence-corrected chi connectivity index (χ4v) is 3.28. The Hall–Kier alpha value is -1.51. The summed E-state index contributed by atoms with van der Waals surface area (Å²) in [6, 6.07) is 10.9. The summed E-state index contributed by atoms with van der Waals surface area (Å²) in [6.45, 7) is 3.27. The lowest BCUT2D eigenvalue weighted by Crippen LogP contribution is -2.40. The van der Waals surface area contributed by atoms with Crippen molar-refractivity contribution in [3.05, 3.63) is 35.9 Å². The number of hydrogen-bond acceptors (Lipinski definition) is 1. The van der Waals surface area contributed by atoms with E-state index < -0.39 is 0 Å². The van der Waals surface area contributed by atoms with E-state index in [-0.39, 0.29) is 0 Å². The van der Waals surface area contributed by atoms with Crippen LogP contribution in [0.15, 0.2) is 35.3 Å². The van der Waals surface area contributed by atoms with E-state index in [9.17, 15) is 0 Å². The lowest BCUT2D eigenvalue weighted by atomic mass is 9.99. The molecule has 1 saturated carbocycles. The Morgan fingerprint density at radius 2 is 2.05 bits per heavy atom. The van der Waals surface area contributed by atoms with E-state index in [1.54, 1.807) is 0 Å². The van der Waals surface area contributed by atoms with Crippen molar-refractivity contribution in [2.75, 3.05) is 26.7 Å². The standard InChI is InChI=1S/C18H27N3/c1-19-18(20-12-5-6-15-9-10-15)21-13-11-17(14-21)16-7-3-2-4-8-16/h2-4,7-8,15,17H,5-6,9-14H2,1H3,(H,19,20). The van der Waals surface area contributed by atoms with Gasteiger partial charge in [-0.15, -0.1) is 0 Å². The highest BCUT2D eigenvalue weighted by molar-refractivity contribution is 5.80. The Labute approximate surface area is 128 Å². The van der Waals surface area contributed by atoms with Gasteiger partial charge in [-0.1, -0.05) is 43.2 Å². The van der Waals surface area contributed by atoms with Gasteiger partial charge in [-0.25, -0.2) is 0 Å². The quantitative estimate of drug-likeness (QED) is 0.511. The van der Waals surface area contributed by atoms with Crippen LogP contribution in [-0.2, 0) is 0 Å². The summed E-state index contributed by atoms with van der Waals surface area (Å²) in [6.07, 6.45) is 6.81. The summed E-state index contributed by atoms with van der Waals surface area (Å²) in [7, 11) is 1.90. The van der Waals surface area contributed by atoms with Gasteiger partial charge in [0, 0.05) is 32.6 Å². The highest BCUT2D eigenvalue weighted by atomic mass is 15.3. The Balaban J connectivity index is 1.46. The van der Waals surface area contributed by atoms with Gasteiger partial charge in [-0.05, 0) is 30.7 Å². The predicted molar refractivity (Wildman–Crippen MR) is 88.7 cm³/mol. The van der Waals surface area contributed by atoms with E-state index in [0.29, 0.717) is 5.92 Å². The summed E-state index contributed by atoms with van der Waals surface area (Å²) < 4.78 is 0. The van der Waals surface area contributed by atoms with Crippen LogP contribution in [0.2, 0.25) is 0 Å². The first-order chi connectivity index (χ1) is 10.4. The molecule has 1 aromatic carbocycles. The lowest BCUT2D eigenvalue weighted by molar-refractivity contribution is 0.482. The number of nitrogens with one attached hydrogen (secondary N) is 1. The molecule has 0 spiro atoms. The van der Waals surface area contributed by atoms with Crippen molar-refractivity contribution in [1.29, 1.82) is 0 Å². The summed E-state index contributed by atoms with van der Waals surface area (Å²) in [4.78, 5) is 6.87. The molecule has 1 heterocycles. The Morgan fingerprint density at radius 3 is 2.76 bits per heavy atom. The predicted octanol–water partition coefficient (Wildman–Crippen LogP) is 3.24. The Kier molecular flexibility index (Phi) is 4.79. The second-order valence-electron chi connectivity index (χ2n) is 6.40. The molecule has 114 valence electrons. The molecule has 21 heavy (non-hydrogen) atoms. The minimum Gasteiger partial charge on any atom is -0.356 e. The minimum atomic E-state index is 0.649. The van der Waals surface area contributed by atoms with Crippen LogP contribution in [0.5, 0.6) is 0 Å². The number of likely N-dealkylation sites (tertiary alicyclic amines) is 1. The molecule has 0 amide bonds. The van der Waals surface area contributed by atoms with Crippen LogP contribution < -0.4 is 5.32 Å². The number of nitrogens with zero attached hydrogens (tertiary/aromatic N) is 2. The molecule has 1 aliphatic carbocycles. The average molecular weight is 285 g/mol. The molecular formula is C18H27N3. The maximum Gasteiger partial charge on any atom is 0.193 e. The highest BCUT2D eigenvalue weighted by Crippen LogP contribution is 2.33. The van der Waals surface area contributed by atoms with Gasteiger partial charge in [-0.3, -0.25) is 4.99 Å². The number of guanidine groups is 1. The van der Waals surface area contributed by atoms with Crippen molar-refractivity contribution in [1.82, 2.24) is 10.2 Å². The zero-order valence-corrected chi connectivity index (χ0v) is 13.1. The molecule has 3 nitrogen and oxygen atoms in total. The third kappa shape index (κ3) is 3.99. The molecule has 3 rings (SSSR count). The number of hydrogen-bond donors (Lipinski definition) is 1. The van der Waals surface area contributed by atoms with Crippen molar-refractivity contribution >= 4 is 5.96 Å². The van der Waals surface area contributed by atoms with Gasteiger partial charge in [0.2, 0.25) is 0 Å². The third-order valence-electron chi connectivity index (χ3n) is 4.74. The van der Waals surface area contributed by atoms with Crippen molar-refractivity contribution in [2.24, 2.45) is 10.9 Å². The molecule has 0 bridgehead atoms. The minimum absolute atomic E-state index is 0.649. The highest BCUT2D eigenvalue weighted by Gasteiger charge is 2.26. The third-order valence-corrected chi connectivity index (χ3v) is 4.74. The monoisotopic (exact) mass is 285 g/mol. The van der Waals surface area contributed by atoms with Crippen LogP contribution in [0.25, 0.3) is 0 Å². The van der Waals surface area contributed by atoms with E-state index in [4.69, 9.17) is 0 Å². The molecule has 1 N–H and O–H groups in total. The summed E-state index contributed by atoms with van der Waals surface area (Å²) in [5.41, 5.74) is 1.46. The molecule has 2 fully saturated rings. The van der Waals surface area contributed by atoms with Crippen LogP contribution >= 0.6 is 0 Å². The van der Waals surface area contributed by atoms with Gasteiger partial charge in [0.05, 0.1) is 0 Å². The molecule has 1 aliphatic heterocycles. The van der Waals surface area contributed by atoms with Crippen LogP contribution in [0.1, 0.15) is 43.6 Å². The van der Waals surface area contributed by atoms with Gasteiger partial charge in [0.1, 0.15) is 0 Å². The second-order valence-corrected chi connectivity index (χ2v) is 6.40. The molecule has 1 aromatic rings. The van der Waals surface area contributed by atoms with E-state index in [1.807, 2.05) is 7.05 Å². The van der Waals surface area contributed by atoms with Gasteiger partial charge in [0.15, 0.2) is 5.96 Å². The average Bonchev–Trinajstić information content (AvgIpc) is 3.23. The molecule has 3 heteroatoms. The fraction of sp³-hybridized carbons (Fsp3) is 0.611. The Bertz CT molecular complexity index is 465. The summed E-state index contributed by atoms with van der Waals surface area (Å²) in [5.74, 6) is 2.77. The topological polar surface area (TPSA) is 27.6 Å². The number of benzene rings is 1. The lowest BCUT2D eigenvalue weighted by Gasteiger charge is -2.21. The Morgan fingerprint density at radius 1 is 1.24 bits per heavy atom. The van der Waals surface area contributed by atoms with Gasteiger partial charge in [0.25, 0.3) is 0 Å². The van der Waals surface area contributed by atoms with Crippen LogP contribution in [-0.4, -0.2) is 37.5 Å². The van der Waals surface area contributed by atoms with Crippen LogP contribution in [0.3, 0.4) is 0 Å². The van der Waals surface area contributed by atoms with Crippen LogP contribution in [0, 0.1) is 5.92 Å². The maximum atomic E-state index is 4.46. The normalized spacial score (nSPS) is 22.6. The first kappa shape index (κ1) is 14.4. The fourth-order valence-electron chi connectivity index (χ4n) is 3.28. The van der Waals surface area contributed by atoms with Gasteiger partial charge >= 0.3 is 0 Å². The maximum absolute atomic E-state index is 4.46. The van der Waals surface area contributed by atoms with Gasteiger partial charge < -0.3 is 10.2 Å². The van der Waals surface area contributed by atoms with E-state index in [1.165, 1.54) is 37.7 Å². The summed E-state index contributed by atoms with van der Waals surface area (Å²) in [5, 5.41) is 3.54. The van der Waals surface area contributed by atoms with Crippen molar-refractivity contribution in [3.8, 4) is 0 Å². The summed E-state index contributed by atoms with van der Waals surface area (Å²) >= 11 is 0. The molecular weight excluding hydrogens is 258 g/mol. The molecule has 1 atom stereocenters. The number of rotatable bonds is 5.